The van der Waals surface area contributed by atoms with Crippen LogP contribution in [0.1, 0.15) is 35.2 Å². The van der Waals surface area contributed by atoms with Crippen molar-refractivity contribution in [2.75, 3.05) is 0 Å². The van der Waals surface area contributed by atoms with Crippen LogP contribution in [0.5, 0.6) is 0 Å². The van der Waals surface area contributed by atoms with Crippen molar-refractivity contribution in [3.63, 3.8) is 0 Å². The standard InChI is InChI=1S/C16H14NO.C9H7NO.CH4.BrH/c18-16-7-6-14-8-9-17(12-15(14)10-16)11-13-4-2-1-3-5-13;11-9-2-1-7-3-4-10-6-8(7)5-9;;/h1-9,12H,10-11H2;1-4,6H,5H2;1H4;1H/q+1;;;/p-1. The number of nitrogens with zero attached hydrogens (tertiary/aromatic N) is 2. The summed E-state index contributed by atoms with van der Waals surface area (Å²) < 4.78 is 2.13. The van der Waals surface area contributed by atoms with Gasteiger partial charge in [-0.3, -0.25) is 14.6 Å². The molecule has 5 heteroatoms. The molecule has 0 N–H and O–H groups in total. The van der Waals surface area contributed by atoms with Gasteiger partial charge in [-0.15, -0.1) is 0 Å². The lowest BCUT2D eigenvalue weighted by atomic mass is 9.99. The van der Waals surface area contributed by atoms with E-state index in [0.29, 0.717) is 12.8 Å². The average molecular weight is 477 g/mol. The summed E-state index contributed by atoms with van der Waals surface area (Å²) in [6.07, 6.45) is 15.6. The zero-order valence-corrected chi connectivity index (χ0v) is 18.0. The van der Waals surface area contributed by atoms with Crippen LogP contribution in [0.3, 0.4) is 0 Å². The van der Waals surface area contributed by atoms with Crippen molar-refractivity contribution in [3.8, 4) is 0 Å². The topological polar surface area (TPSA) is 50.9 Å². The van der Waals surface area contributed by atoms with Crippen molar-refractivity contribution in [1.82, 2.24) is 4.98 Å². The number of hydrogen-bond acceptors (Lipinski definition) is 3. The van der Waals surface area contributed by atoms with Gasteiger partial charge in [0.25, 0.3) is 0 Å². The highest BCUT2D eigenvalue weighted by molar-refractivity contribution is 5.98. The molecule has 2 heterocycles. The predicted octanol–water partition coefficient (Wildman–Crippen LogP) is 1.02. The zero-order valence-electron chi connectivity index (χ0n) is 16.4. The third kappa shape index (κ3) is 6.40. The number of fused-ring (bicyclic) bond motifs is 2. The van der Waals surface area contributed by atoms with Crippen molar-refractivity contribution < 1.29 is 31.1 Å². The summed E-state index contributed by atoms with van der Waals surface area (Å²) in [6.45, 7) is 0.839. The van der Waals surface area contributed by atoms with Gasteiger partial charge in [-0.25, -0.2) is 4.57 Å². The van der Waals surface area contributed by atoms with Crippen molar-refractivity contribution in [1.29, 1.82) is 0 Å². The summed E-state index contributed by atoms with van der Waals surface area (Å²) in [7, 11) is 0. The maximum absolute atomic E-state index is 11.4. The van der Waals surface area contributed by atoms with E-state index in [2.05, 4.69) is 40.1 Å². The molecule has 2 aromatic heterocycles. The van der Waals surface area contributed by atoms with Crippen LogP contribution in [-0.4, -0.2) is 16.6 Å². The average Bonchev–Trinajstić information content (AvgIpc) is 2.74. The highest BCUT2D eigenvalue weighted by Crippen LogP contribution is 2.15. The molecule has 0 aliphatic heterocycles. The van der Waals surface area contributed by atoms with Gasteiger partial charge < -0.3 is 17.0 Å². The SMILES string of the molecule is C.O=C1C=Cc2cc[n+](Cc3ccccc3)cc2C1.O=C1C=Cc2ccncc2C1.[Br-]. The second-order valence-electron chi connectivity index (χ2n) is 7.11. The first-order chi connectivity index (χ1) is 14.2. The van der Waals surface area contributed by atoms with Crippen LogP contribution in [0, 0.1) is 0 Å². The van der Waals surface area contributed by atoms with E-state index in [1.165, 1.54) is 5.56 Å². The number of halogens is 1. The third-order valence-electron chi connectivity index (χ3n) is 4.91. The molecule has 0 radical (unpaired) electrons. The van der Waals surface area contributed by atoms with Crippen LogP contribution < -0.4 is 21.5 Å². The Morgan fingerprint density at radius 2 is 1.45 bits per heavy atom. The molecule has 31 heavy (non-hydrogen) atoms. The first-order valence-corrected chi connectivity index (χ1v) is 9.58. The lowest BCUT2D eigenvalue weighted by Gasteiger charge is -2.07. The Kier molecular flexibility index (Phi) is 8.76. The molecular formula is C26H25BrN2O2. The van der Waals surface area contributed by atoms with E-state index in [1.54, 1.807) is 24.5 Å². The van der Waals surface area contributed by atoms with Crippen LogP contribution in [-0.2, 0) is 29.0 Å². The number of rotatable bonds is 2. The van der Waals surface area contributed by atoms with Crippen LogP contribution in [0.2, 0.25) is 0 Å². The van der Waals surface area contributed by atoms with Gasteiger partial charge in [0, 0.05) is 42.4 Å². The fourth-order valence-electron chi connectivity index (χ4n) is 3.41. The first kappa shape index (κ1) is 24.1. The number of allylic oxidation sites excluding steroid dienone is 2. The Hall–Kier alpha value is -3.18. The number of carbonyl (C=O) groups excluding carboxylic acids is 2. The van der Waals surface area contributed by atoms with Crippen LogP contribution in [0.25, 0.3) is 12.2 Å². The number of carbonyl (C=O) groups is 2. The van der Waals surface area contributed by atoms with Crippen LogP contribution in [0.4, 0.5) is 0 Å². The molecule has 158 valence electrons. The fourth-order valence-corrected chi connectivity index (χ4v) is 3.41. The Balaban J connectivity index is 0.000000228. The molecule has 0 saturated carbocycles. The molecule has 0 fully saturated rings. The lowest BCUT2D eigenvalue weighted by Crippen LogP contribution is -3.00. The largest absolute Gasteiger partial charge is 1.00 e. The normalized spacial score (nSPS) is 13.0. The molecule has 4 nitrogen and oxygen atoms in total. The molecule has 3 aromatic rings. The van der Waals surface area contributed by atoms with Gasteiger partial charge in [-0.2, -0.15) is 0 Å². The Bertz CT molecular complexity index is 1120. The van der Waals surface area contributed by atoms with Crippen molar-refractivity contribution >= 4 is 23.7 Å². The van der Waals surface area contributed by atoms with Crippen molar-refractivity contribution in [3.05, 3.63) is 107 Å². The molecule has 5 rings (SSSR count). The molecule has 0 amide bonds. The monoisotopic (exact) mass is 476 g/mol. The van der Waals surface area contributed by atoms with Crippen molar-refractivity contribution in [2.45, 2.75) is 26.8 Å². The molecule has 0 unspecified atom stereocenters. The van der Waals surface area contributed by atoms with Gasteiger partial charge >= 0.3 is 0 Å². The number of aromatic nitrogens is 2. The smallest absolute Gasteiger partial charge is 0.173 e. The van der Waals surface area contributed by atoms with Crippen molar-refractivity contribution in [2.24, 2.45) is 0 Å². The van der Waals surface area contributed by atoms with Crippen LogP contribution in [0.15, 0.2) is 79.4 Å². The van der Waals surface area contributed by atoms with Gasteiger partial charge in [-0.05, 0) is 34.9 Å². The molecule has 0 atom stereocenters. The van der Waals surface area contributed by atoms with Gasteiger partial charge in [0.2, 0.25) is 0 Å². The highest BCUT2D eigenvalue weighted by atomic mass is 79.9. The third-order valence-corrected chi connectivity index (χ3v) is 4.91. The molecule has 0 spiro atoms. The number of pyridine rings is 2. The van der Waals surface area contributed by atoms with E-state index in [0.717, 1.165) is 28.8 Å². The van der Waals surface area contributed by atoms with E-state index >= 15 is 0 Å². The maximum Gasteiger partial charge on any atom is 0.173 e. The summed E-state index contributed by atoms with van der Waals surface area (Å²) in [5.41, 5.74) is 5.67. The number of ketones is 2. The maximum atomic E-state index is 11.4. The summed E-state index contributed by atoms with van der Waals surface area (Å²) in [5, 5.41) is 0. The second-order valence-corrected chi connectivity index (χ2v) is 7.11. The van der Waals surface area contributed by atoms with E-state index < -0.39 is 0 Å². The number of benzene rings is 1. The van der Waals surface area contributed by atoms with E-state index in [9.17, 15) is 9.59 Å². The summed E-state index contributed by atoms with van der Waals surface area (Å²) >= 11 is 0. The Morgan fingerprint density at radius 1 is 0.806 bits per heavy atom. The molecule has 2 aliphatic rings. The summed E-state index contributed by atoms with van der Waals surface area (Å²) in [6, 6.07) is 14.3. The Labute approximate surface area is 193 Å². The second kappa shape index (κ2) is 11.3. The minimum Gasteiger partial charge on any atom is -1.00 e. The van der Waals surface area contributed by atoms with Gasteiger partial charge in [0.15, 0.2) is 30.5 Å². The molecule has 2 aliphatic carbocycles. The molecular weight excluding hydrogens is 452 g/mol. The fraction of sp³-hybridized carbons (Fsp3) is 0.154. The highest BCUT2D eigenvalue weighted by Gasteiger charge is 2.14. The van der Waals surface area contributed by atoms with Gasteiger partial charge in [0.1, 0.15) is 0 Å². The summed E-state index contributed by atoms with van der Waals surface area (Å²) in [5.74, 6) is 0.338. The van der Waals surface area contributed by atoms with Gasteiger partial charge in [-0.1, -0.05) is 49.9 Å². The lowest BCUT2D eigenvalue weighted by molar-refractivity contribution is -0.688. The van der Waals surface area contributed by atoms with E-state index in [4.69, 9.17) is 0 Å². The quantitative estimate of drug-likeness (QED) is 0.519. The minimum absolute atomic E-state index is 0. The molecule has 1 aromatic carbocycles. The first-order valence-electron chi connectivity index (χ1n) is 9.58. The molecule has 0 saturated heterocycles. The predicted molar refractivity (Wildman–Crippen MR) is 119 cm³/mol. The summed E-state index contributed by atoms with van der Waals surface area (Å²) in [4.78, 5) is 26.3. The van der Waals surface area contributed by atoms with E-state index in [1.807, 2.05) is 36.4 Å². The number of hydrogen-bond donors (Lipinski definition) is 0. The minimum atomic E-state index is 0. The van der Waals surface area contributed by atoms with E-state index in [-0.39, 0.29) is 36.0 Å². The van der Waals surface area contributed by atoms with Crippen LogP contribution >= 0.6 is 0 Å². The molecule has 0 bridgehead atoms. The Morgan fingerprint density at radius 3 is 2.16 bits per heavy atom. The van der Waals surface area contributed by atoms with Gasteiger partial charge in [0.05, 0.1) is 0 Å². The zero-order chi connectivity index (χ0) is 20.1.